The Hall–Kier alpha value is -0.730. The van der Waals surface area contributed by atoms with Gasteiger partial charge in [-0.2, -0.15) is 0 Å². The van der Waals surface area contributed by atoms with Gasteiger partial charge in [0.1, 0.15) is 0 Å². The van der Waals surface area contributed by atoms with Crippen LogP contribution >= 0.6 is 0 Å². The average molecular weight is 364 g/mol. The lowest BCUT2D eigenvalue weighted by Crippen LogP contribution is -2.38. The van der Waals surface area contributed by atoms with Crippen molar-refractivity contribution in [1.82, 2.24) is 0 Å². The van der Waals surface area contributed by atoms with Crippen molar-refractivity contribution in [2.75, 3.05) is 6.61 Å². The minimum atomic E-state index is -1.99. The molecule has 0 rings (SSSR count). The smallest absolute Gasteiger partial charge is 0.303 e. The third kappa shape index (κ3) is 15.3. The van der Waals surface area contributed by atoms with E-state index in [0.717, 1.165) is 32.1 Å². The number of carbonyl (C=O) groups is 1. The van der Waals surface area contributed by atoms with Crippen molar-refractivity contribution in [3.63, 3.8) is 0 Å². The number of unbranched alkanes of at least 4 members (excludes halogenated alkanes) is 7. The zero-order valence-corrected chi connectivity index (χ0v) is 15.1. The van der Waals surface area contributed by atoms with Crippen molar-refractivity contribution in [1.29, 1.82) is 0 Å². The summed E-state index contributed by atoms with van der Waals surface area (Å²) in [5, 5.41) is 56.8. The lowest BCUT2D eigenvalue weighted by atomic mass is 9.96. The highest BCUT2D eigenvalue weighted by Gasteiger charge is 2.29. The Balaban J connectivity index is 3.75. The monoisotopic (exact) mass is 364 g/mol. The lowest BCUT2D eigenvalue weighted by molar-refractivity contribution is -0.194. The molecule has 7 heteroatoms. The first-order valence-corrected chi connectivity index (χ1v) is 9.42. The minimum absolute atomic E-state index is 0.106. The largest absolute Gasteiger partial charge is 0.481 e. The van der Waals surface area contributed by atoms with E-state index in [2.05, 4.69) is 0 Å². The Kier molecular flexibility index (Phi) is 14.0. The van der Waals surface area contributed by atoms with Gasteiger partial charge in [0, 0.05) is 25.9 Å². The van der Waals surface area contributed by atoms with E-state index in [4.69, 9.17) is 10.2 Å². The van der Waals surface area contributed by atoms with Crippen molar-refractivity contribution in [3.05, 3.63) is 0 Å². The van der Waals surface area contributed by atoms with Crippen LogP contribution < -0.4 is 0 Å². The molecular weight excluding hydrogens is 328 g/mol. The maximum absolute atomic E-state index is 10.4. The zero-order chi connectivity index (χ0) is 19.1. The second kappa shape index (κ2) is 14.4. The van der Waals surface area contributed by atoms with Gasteiger partial charge in [-0.25, -0.2) is 0 Å². The lowest BCUT2D eigenvalue weighted by Gasteiger charge is -2.27. The Labute approximate surface area is 150 Å². The van der Waals surface area contributed by atoms with Crippen LogP contribution in [0.15, 0.2) is 0 Å². The summed E-state index contributed by atoms with van der Waals surface area (Å²) in [5.74, 6) is -2.77. The van der Waals surface area contributed by atoms with Crippen molar-refractivity contribution in [2.24, 2.45) is 0 Å². The van der Waals surface area contributed by atoms with E-state index in [0.29, 0.717) is 32.1 Å². The first kappa shape index (κ1) is 24.3. The Bertz CT molecular complexity index is 333. The Morgan fingerprint density at radius 1 is 0.800 bits per heavy atom. The van der Waals surface area contributed by atoms with Gasteiger partial charge in [0.2, 0.25) is 0 Å². The topological polar surface area (TPSA) is 138 Å². The molecule has 0 aromatic carbocycles. The van der Waals surface area contributed by atoms with Crippen LogP contribution in [0.3, 0.4) is 0 Å². The molecule has 0 aliphatic heterocycles. The molecule has 2 unspecified atom stereocenters. The van der Waals surface area contributed by atoms with Crippen molar-refractivity contribution < 1.29 is 35.4 Å². The third-order valence-electron chi connectivity index (χ3n) is 4.36. The summed E-state index contributed by atoms with van der Waals surface area (Å²) < 4.78 is 0. The molecule has 0 aromatic rings. The standard InChI is InChI=1S/C18H36O7/c19-13-9-5-6-10-15(20)16(21)14-18(24,25)12-8-4-2-1-3-7-11-17(22)23/h15-16,19-21,24-25H,1-14H2,(H,22,23). The van der Waals surface area contributed by atoms with Crippen molar-refractivity contribution in [3.8, 4) is 0 Å². The second-order valence-corrected chi connectivity index (χ2v) is 6.91. The van der Waals surface area contributed by atoms with Crippen LogP contribution in [-0.4, -0.2) is 61.2 Å². The number of hydrogen-bond acceptors (Lipinski definition) is 6. The van der Waals surface area contributed by atoms with E-state index in [-0.39, 0.29) is 25.9 Å². The minimum Gasteiger partial charge on any atom is -0.481 e. The molecule has 0 radical (unpaired) electrons. The van der Waals surface area contributed by atoms with Gasteiger partial charge in [0.15, 0.2) is 5.79 Å². The second-order valence-electron chi connectivity index (χ2n) is 6.91. The summed E-state index contributed by atoms with van der Waals surface area (Å²) in [7, 11) is 0. The quantitative estimate of drug-likeness (QED) is 0.170. The number of aliphatic hydroxyl groups is 5. The van der Waals surface area contributed by atoms with Crippen LogP contribution in [-0.2, 0) is 4.79 Å². The van der Waals surface area contributed by atoms with Gasteiger partial charge in [0.05, 0.1) is 12.2 Å². The van der Waals surface area contributed by atoms with Gasteiger partial charge in [-0.15, -0.1) is 0 Å². The molecule has 2 atom stereocenters. The summed E-state index contributed by atoms with van der Waals surface area (Å²) in [4.78, 5) is 10.4. The molecule has 0 aliphatic rings. The van der Waals surface area contributed by atoms with E-state index in [1.165, 1.54) is 0 Å². The van der Waals surface area contributed by atoms with Crippen molar-refractivity contribution in [2.45, 2.75) is 101 Å². The van der Waals surface area contributed by atoms with Crippen LogP contribution in [0.1, 0.15) is 83.5 Å². The number of carboxylic acid groups (broad SMARTS) is 1. The first-order chi connectivity index (χ1) is 11.8. The molecular formula is C18H36O7. The number of hydrogen-bond donors (Lipinski definition) is 6. The third-order valence-corrected chi connectivity index (χ3v) is 4.36. The van der Waals surface area contributed by atoms with E-state index >= 15 is 0 Å². The number of carboxylic acids is 1. The first-order valence-electron chi connectivity index (χ1n) is 9.42. The van der Waals surface area contributed by atoms with E-state index in [1.54, 1.807) is 0 Å². The molecule has 150 valence electrons. The maximum atomic E-state index is 10.4. The van der Waals surface area contributed by atoms with Gasteiger partial charge < -0.3 is 30.6 Å². The molecule has 6 N–H and O–H groups in total. The van der Waals surface area contributed by atoms with Crippen molar-refractivity contribution >= 4 is 5.97 Å². The molecule has 0 bridgehead atoms. The average Bonchev–Trinajstić information content (AvgIpc) is 2.53. The molecule has 0 fully saturated rings. The molecule has 25 heavy (non-hydrogen) atoms. The SMILES string of the molecule is O=C(O)CCCCCCCCC(O)(O)CC(O)C(O)CCCCCO. The molecule has 0 spiro atoms. The number of rotatable bonds is 17. The normalized spacial score (nSPS) is 14.4. The summed E-state index contributed by atoms with van der Waals surface area (Å²) in [6.45, 7) is 0.106. The molecule has 0 saturated carbocycles. The van der Waals surface area contributed by atoms with E-state index in [1.807, 2.05) is 0 Å². The van der Waals surface area contributed by atoms with Gasteiger partial charge in [-0.3, -0.25) is 4.79 Å². The van der Waals surface area contributed by atoms with Crippen LogP contribution in [0, 0.1) is 0 Å². The van der Waals surface area contributed by atoms with E-state index < -0.39 is 24.0 Å². The van der Waals surface area contributed by atoms with Crippen LogP contribution in [0.4, 0.5) is 0 Å². The van der Waals surface area contributed by atoms with Crippen LogP contribution in [0.5, 0.6) is 0 Å². The molecule has 0 aromatic heterocycles. The predicted octanol–water partition coefficient (Wildman–Crippen LogP) is 1.54. The highest BCUT2D eigenvalue weighted by atomic mass is 16.5. The zero-order valence-electron chi connectivity index (χ0n) is 15.1. The number of aliphatic hydroxyl groups excluding tert-OH is 3. The predicted molar refractivity (Wildman–Crippen MR) is 93.9 cm³/mol. The fraction of sp³-hybridized carbons (Fsp3) is 0.944. The maximum Gasteiger partial charge on any atom is 0.303 e. The van der Waals surface area contributed by atoms with Crippen LogP contribution in [0.25, 0.3) is 0 Å². The van der Waals surface area contributed by atoms with Crippen LogP contribution in [0.2, 0.25) is 0 Å². The highest BCUT2D eigenvalue weighted by molar-refractivity contribution is 5.66. The molecule has 0 heterocycles. The summed E-state index contributed by atoms with van der Waals surface area (Å²) in [5.41, 5.74) is 0. The van der Waals surface area contributed by atoms with E-state index in [9.17, 15) is 25.2 Å². The molecule has 0 saturated heterocycles. The molecule has 7 nitrogen and oxygen atoms in total. The van der Waals surface area contributed by atoms with Gasteiger partial charge in [0.25, 0.3) is 0 Å². The highest BCUT2D eigenvalue weighted by Crippen LogP contribution is 2.21. The fourth-order valence-electron chi connectivity index (χ4n) is 2.80. The summed E-state index contributed by atoms with van der Waals surface area (Å²) in [6.07, 6.45) is 5.10. The van der Waals surface area contributed by atoms with Gasteiger partial charge in [-0.1, -0.05) is 38.5 Å². The van der Waals surface area contributed by atoms with Gasteiger partial charge >= 0.3 is 5.97 Å². The molecule has 0 aliphatic carbocycles. The Morgan fingerprint density at radius 2 is 1.36 bits per heavy atom. The summed E-state index contributed by atoms with van der Waals surface area (Å²) in [6, 6.07) is 0. The Morgan fingerprint density at radius 3 is 1.96 bits per heavy atom. The number of aliphatic carboxylic acids is 1. The fourth-order valence-corrected chi connectivity index (χ4v) is 2.80. The summed E-state index contributed by atoms with van der Waals surface area (Å²) >= 11 is 0. The molecule has 0 amide bonds. The van der Waals surface area contributed by atoms with Gasteiger partial charge in [-0.05, 0) is 25.7 Å².